The normalized spacial score (nSPS) is 15.8. The zero-order chi connectivity index (χ0) is 25.3. The highest BCUT2D eigenvalue weighted by molar-refractivity contribution is 6.31. The predicted molar refractivity (Wildman–Crippen MR) is 138 cm³/mol. The Bertz CT molecular complexity index is 1290. The maximum atomic E-state index is 12.6. The van der Waals surface area contributed by atoms with Crippen molar-refractivity contribution in [3.05, 3.63) is 63.8 Å². The van der Waals surface area contributed by atoms with Crippen LogP contribution in [0.4, 0.5) is 16.2 Å². The summed E-state index contributed by atoms with van der Waals surface area (Å²) >= 11 is 12.5. The van der Waals surface area contributed by atoms with E-state index in [0.29, 0.717) is 34.4 Å². The molecule has 2 aromatic carbocycles. The van der Waals surface area contributed by atoms with Gasteiger partial charge in [0.2, 0.25) is 0 Å². The first-order valence-electron chi connectivity index (χ1n) is 11.3. The van der Waals surface area contributed by atoms with Crippen molar-refractivity contribution in [2.24, 2.45) is 0 Å². The molecule has 0 saturated carbocycles. The van der Waals surface area contributed by atoms with Gasteiger partial charge in [-0.15, -0.1) is 0 Å². The summed E-state index contributed by atoms with van der Waals surface area (Å²) in [5.41, 5.74) is 2.70. The number of halogens is 2. The maximum absolute atomic E-state index is 12.6. The highest BCUT2D eigenvalue weighted by Gasteiger charge is 2.32. The van der Waals surface area contributed by atoms with E-state index >= 15 is 0 Å². The Morgan fingerprint density at radius 3 is 2.54 bits per heavy atom. The van der Waals surface area contributed by atoms with E-state index in [1.54, 1.807) is 29.2 Å². The van der Waals surface area contributed by atoms with Gasteiger partial charge in [-0.05, 0) is 69.2 Å². The molecule has 1 atom stereocenters. The standard InChI is InChI=1S/C26H27Cl2N3O4/c1-26(2,3)35-25(33)31-10-9-15(14-31)20-13-29-21-7-5-16(27)11-18(21)23(20)30-22-8-6-17(28)12-19(22)24(32)34-4/h5-8,11-13,15H,9-10,14H2,1-4H3,(H,29,30)/t15-/m1/s1. The van der Waals surface area contributed by atoms with E-state index in [2.05, 4.69) is 10.3 Å². The van der Waals surface area contributed by atoms with E-state index in [1.165, 1.54) is 7.11 Å². The lowest BCUT2D eigenvalue weighted by atomic mass is 9.95. The number of amides is 1. The van der Waals surface area contributed by atoms with Crippen molar-refractivity contribution in [1.82, 2.24) is 9.88 Å². The Kier molecular flexibility index (Phi) is 7.10. The molecule has 184 valence electrons. The monoisotopic (exact) mass is 515 g/mol. The van der Waals surface area contributed by atoms with Crippen molar-refractivity contribution in [3.8, 4) is 0 Å². The molecule has 3 aromatic rings. The van der Waals surface area contributed by atoms with Crippen molar-refractivity contribution >= 4 is 57.5 Å². The fraction of sp³-hybridized carbons (Fsp3) is 0.346. The Labute approximate surface area is 214 Å². The molecule has 9 heteroatoms. The van der Waals surface area contributed by atoms with Crippen LogP contribution in [0.3, 0.4) is 0 Å². The molecule has 1 aliphatic heterocycles. The van der Waals surface area contributed by atoms with Gasteiger partial charge in [0.15, 0.2) is 0 Å². The van der Waals surface area contributed by atoms with Crippen LogP contribution in [0.25, 0.3) is 10.9 Å². The smallest absolute Gasteiger partial charge is 0.410 e. The molecule has 35 heavy (non-hydrogen) atoms. The van der Waals surface area contributed by atoms with Gasteiger partial charge in [0, 0.05) is 40.6 Å². The summed E-state index contributed by atoms with van der Waals surface area (Å²) < 4.78 is 10.5. The van der Waals surface area contributed by atoms with Crippen LogP contribution in [-0.2, 0) is 9.47 Å². The first-order chi connectivity index (χ1) is 16.6. The number of fused-ring (bicyclic) bond motifs is 1. The second-order valence-electron chi connectivity index (χ2n) is 9.47. The van der Waals surface area contributed by atoms with Crippen molar-refractivity contribution < 1.29 is 19.1 Å². The number of aromatic nitrogens is 1. The number of hydrogen-bond acceptors (Lipinski definition) is 6. The number of likely N-dealkylation sites (tertiary alicyclic amines) is 1. The first kappa shape index (κ1) is 25.1. The van der Waals surface area contributed by atoms with Gasteiger partial charge in [-0.25, -0.2) is 9.59 Å². The molecule has 0 radical (unpaired) electrons. The number of benzene rings is 2. The van der Waals surface area contributed by atoms with E-state index in [9.17, 15) is 9.59 Å². The average Bonchev–Trinajstić information content (AvgIpc) is 3.29. The third kappa shape index (κ3) is 5.63. The Hall–Kier alpha value is -3.03. The molecule has 0 bridgehead atoms. The van der Waals surface area contributed by atoms with Gasteiger partial charge in [-0.1, -0.05) is 23.2 Å². The van der Waals surface area contributed by atoms with Gasteiger partial charge < -0.3 is 19.7 Å². The van der Waals surface area contributed by atoms with Crippen LogP contribution in [0, 0.1) is 0 Å². The second kappa shape index (κ2) is 9.91. The minimum absolute atomic E-state index is 0.00905. The number of pyridine rings is 1. The van der Waals surface area contributed by atoms with Gasteiger partial charge in [0.1, 0.15) is 5.60 Å². The van der Waals surface area contributed by atoms with Crippen molar-refractivity contribution in [2.75, 3.05) is 25.5 Å². The van der Waals surface area contributed by atoms with Crippen molar-refractivity contribution in [2.45, 2.75) is 38.7 Å². The molecular weight excluding hydrogens is 489 g/mol. The number of esters is 1. The molecule has 1 fully saturated rings. The van der Waals surface area contributed by atoms with Crippen LogP contribution >= 0.6 is 23.2 Å². The number of nitrogens with zero attached hydrogens (tertiary/aromatic N) is 2. The minimum Gasteiger partial charge on any atom is -0.465 e. The zero-order valence-corrected chi connectivity index (χ0v) is 21.5. The van der Waals surface area contributed by atoms with Gasteiger partial charge in [-0.2, -0.15) is 0 Å². The average molecular weight is 516 g/mol. The Morgan fingerprint density at radius 1 is 1.11 bits per heavy atom. The lowest BCUT2D eigenvalue weighted by Gasteiger charge is -2.25. The summed E-state index contributed by atoms with van der Waals surface area (Å²) in [7, 11) is 1.32. The van der Waals surface area contributed by atoms with Crippen LogP contribution in [0.2, 0.25) is 10.0 Å². The van der Waals surface area contributed by atoms with Crippen molar-refractivity contribution in [1.29, 1.82) is 0 Å². The highest BCUT2D eigenvalue weighted by atomic mass is 35.5. The van der Waals surface area contributed by atoms with Gasteiger partial charge in [0.05, 0.1) is 29.6 Å². The van der Waals surface area contributed by atoms with Crippen LogP contribution in [-0.4, -0.2) is 47.7 Å². The van der Waals surface area contributed by atoms with Crippen LogP contribution in [0.5, 0.6) is 0 Å². The molecular formula is C26H27Cl2N3O4. The summed E-state index contributed by atoms with van der Waals surface area (Å²) in [4.78, 5) is 31.5. The van der Waals surface area contributed by atoms with E-state index in [-0.39, 0.29) is 12.0 Å². The van der Waals surface area contributed by atoms with E-state index < -0.39 is 11.6 Å². The van der Waals surface area contributed by atoms with Gasteiger partial charge in [-0.3, -0.25) is 4.98 Å². The number of anilines is 2. The fourth-order valence-corrected chi connectivity index (χ4v) is 4.52. The number of hydrogen-bond donors (Lipinski definition) is 1. The first-order valence-corrected chi connectivity index (χ1v) is 12.0. The summed E-state index contributed by atoms with van der Waals surface area (Å²) in [5, 5.41) is 5.20. The number of carbonyl (C=O) groups is 2. The second-order valence-corrected chi connectivity index (χ2v) is 10.3. The van der Waals surface area contributed by atoms with E-state index in [0.717, 1.165) is 28.6 Å². The molecule has 4 rings (SSSR count). The highest BCUT2D eigenvalue weighted by Crippen LogP contribution is 2.39. The lowest BCUT2D eigenvalue weighted by Crippen LogP contribution is -2.35. The number of ether oxygens (including phenoxy) is 2. The largest absolute Gasteiger partial charge is 0.465 e. The molecule has 2 heterocycles. The Balaban J connectivity index is 1.76. The molecule has 1 aliphatic rings. The predicted octanol–water partition coefficient (Wildman–Crippen LogP) is 6.80. The molecule has 1 amide bonds. The summed E-state index contributed by atoms with van der Waals surface area (Å²) in [6.07, 6.45) is 2.22. The Morgan fingerprint density at radius 2 is 1.83 bits per heavy atom. The zero-order valence-electron chi connectivity index (χ0n) is 20.0. The number of carbonyl (C=O) groups excluding carboxylic acids is 2. The van der Waals surface area contributed by atoms with E-state index in [1.807, 2.05) is 39.1 Å². The SMILES string of the molecule is COC(=O)c1cc(Cl)ccc1Nc1c([C@@H]2CCN(C(=O)OC(C)(C)C)C2)cnc2ccc(Cl)cc12. The minimum atomic E-state index is -0.567. The molecule has 1 aromatic heterocycles. The number of rotatable bonds is 4. The molecule has 0 spiro atoms. The molecule has 1 N–H and O–H groups in total. The van der Waals surface area contributed by atoms with Crippen LogP contribution in [0.1, 0.15) is 49.0 Å². The molecule has 0 unspecified atom stereocenters. The number of methoxy groups -OCH3 is 1. The number of nitrogens with one attached hydrogen (secondary N) is 1. The topological polar surface area (TPSA) is 80.8 Å². The maximum Gasteiger partial charge on any atom is 0.410 e. The van der Waals surface area contributed by atoms with E-state index in [4.69, 9.17) is 32.7 Å². The van der Waals surface area contributed by atoms with Gasteiger partial charge in [0.25, 0.3) is 0 Å². The summed E-state index contributed by atoms with van der Waals surface area (Å²) in [6.45, 7) is 6.61. The molecule has 1 saturated heterocycles. The van der Waals surface area contributed by atoms with Gasteiger partial charge >= 0.3 is 12.1 Å². The third-order valence-corrected chi connectivity index (χ3v) is 6.26. The third-order valence-electron chi connectivity index (χ3n) is 5.79. The summed E-state index contributed by atoms with van der Waals surface area (Å²) in [6, 6.07) is 10.5. The molecule has 7 nitrogen and oxygen atoms in total. The summed E-state index contributed by atoms with van der Waals surface area (Å²) in [5.74, 6) is -0.500. The lowest BCUT2D eigenvalue weighted by molar-refractivity contribution is 0.0292. The quantitative estimate of drug-likeness (QED) is 0.385. The fourth-order valence-electron chi connectivity index (χ4n) is 4.17. The van der Waals surface area contributed by atoms with Crippen molar-refractivity contribution in [3.63, 3.8) is 0 Å². The molecule has 0 aliphatic carbocycles. The van der Waals surface area contributed by atoms with Crippen LogP contribution in [0.15, 0.2) is 42.6 Å². The van der Waals surface area contributed by atoms with Crippen LogP contribution < -0.4 is 5.32 Å².